The summed E-state index contributed by atoms with van der Waals surface area (Å²) in [5, 5.41) is 2.43. The third-order valence-electron chi connectivity index (χ3n) is 7.92. The van der Waals surface area contributed by atoms with E-state index in [-0.39, 0.29) is 24.2 Å². The first-order chi connectivity index (χ1) is 17.3. The van der Waals surface area contributed by atoms with E-state index in [9.17, 15) is 0 Å². The lowest BCUT2D eigenvalue weighted by atomic mass is 9.78. The highest BCUT2D eigenvalue weighted by atomic mass is 16.7. The summed E-state index contributed by atoms with van der Waals surface area (Å²) in [4.78, 5) is 0. The predicted molar refractivity (Wildman–Crippen MR) is 152 cm³/mol. The van der Waals surface area contributed by atoms with Crippen molar-refractivity contribution in [1.82, 2.24) is 4.57 Å². The Bertz CT molecular complexity index is 1510. The van der Waals surface area contributed by atoms with E-state index in [1.165, 1.54) is 33.1 Å². The van der Waals surface area contributed by atoms with Crippen LogP contribution in [0.5, 0.6) is 0 Å². The van der Waals surface area contributed by atoms with Gasteiger partial charge in [-0.05, 0) is 69.4 Å². The fraction of sp³-hybridized carbons (Fsp3) is 0.250. The highest BCUT2D eigenvalue weighted by Gasteiger charge is 2.51. The van der Waals surface area contributed by atoms with Crippen molar-refractivity contribution in [2.45, 2.75) is 45.3 Å². The first-order valence-electron chi connectivity index (χ1n) is 12.8. The molecule has 1 unspecified atom stereocenters. The van der Waals surface area contributed by atoms with Crippen LogP contribution in [0.25, 0.3) is 27.5 Å². The summed E-state index contributed by atoms with van der Waals surface area (Å²) in [7, 11) is -0.380. The minimum Gasteiger partial charge on any atom is -0.399 e. The van der Waals surface area contributed by atoms with Crippen LogP contribution < -0.4 is 5.46 Å². The second kappa shape index (κ2) is 8.65. The average Bonchev–Trinajstić information content (AvgIpc) is 3.08. The number of nitrogens with zero attached hydrogens (tertiary/aromatic N) is 1. The molecule has 0 radical (unpaired) electrons. The van der Waals surface area contributed by atoms with Crippen LogP contribution >= 0.6 is 0 Å². The van der Waals surface area contributed by atoms with Gasteiger partial charge in [0.15, 0.2) is 0 Å². The Labute approximate surface area is 213 Å². The summed E-state index contributed by atoms with van der Waals surface area (Å²) in [6, 6.07) is 15.3. The van der Waals surface area contributed by atoms with Crippen molar-refractivity contribution in [3.63, 3.8) is 0 Å². The molecular weight excluding hydrogens is 441 g/mol. The molecule has 3 aliphatic rings. The summed E-state index contributed by atoms with van der Waals surface area (Å²) in [5.41, 5.74) is 5.16. The number of allylic oxidation sites excluding steroid dienone is 12. The first-order valence-corrected chi connectivity index (χ1v) is 12.8. The molecule has 180 valence electrons. The zero-order chi connectivity index (χ0) is 24.9. The van der Waals surface area contributed by atoms with Crippen molar-refractivity contribution in [3.8, 4) is 0 Å². The molecule has 1 saturated heterocycles. The average molecular weight is 473 g/mol. The van der Waals surface area contributed by atoms with Gasteiger partial charge in [-0.3, -0.25) is 0 Å². The van der Waals surface area contributed by atoms with E-state index in [1.54, 1.807) is 0 Å². The number of para-hydroxylation sites is 1. The van der Waals surface area contributed by atoms with Crippen LogP contribution in [-0.2, 0) is 9.31 Å². The summed E-state index contributed by atoms with van der Waals surface area (Å²) in [6.07, 6.45) is 23.2. The fourth-order valence-corrected chi connectivity index (χ4v) is 5.20. The lowest BCUT2D eigenvalue weighted by Gasteiger charge is -2.32. The number of benzene rings is 2. The lowest BCUT2D eigenvalue weighted by molar-refractivity contribution is 0.00578. The standard InChI is InChI=1S/C32H32BNO2/c1-31(2)32(3,4)36-33(35-31)25-19-20-30-28(22-25)27-17-11-12-18-29(27)34(30)26-16-10-9-15-24(21-26)23-13-7-5-6-8-14-23/h5,7-22,24H,6H2,1-4H3. The van der Waals surface area contributed by atoms with Crippen LogP contribution in [-0.4, -0.2) is 22.9 Å². The van der Waals surface area contributed by atoms with Crippen LogP contribution in [0.4, 0.5) is 0 Å². The summed E-state index contributed by atoms with van der Waals surface area (Å²) >= 11 is 0. The predicted octanol–water partition coefficient (Wildman–Crippen LogP) is 7.12. The van der Waals surface area contributed by atoms with Crippen LogP contribution in [0, 0.1) is 5.92 Å². The third-order valence-corrected chi connectivity index (χ3v) is 7.92. The monoisotopic (exact) mass is 473 g/mol. The molecule has 1 aromatic heterocycles. The molecule has 0 saturated carbocycles. The molecule has 2 aliphatic carbocycles. The molecule has 2 aromatic carbocycles. The van der Waals surface area contributed by atoms with Crippen molar-refractivity contribution >= 4 is 40.1 Å². The maximum atomic E-state index is 6.36. The molecule has 3 aromatic rings. The summed E-state index contributed by atoms with van der Waals surface area (Å²) in [5.74, 6) is 0.203. The number of hydrogen-bond acceptors (Lipinski definition) is 2. The Balaban J connectivity index is 1.49. The van der Waals surface area contributed by atoms with Gasteiger partial charge in [0.25, 0.3) is 0 Å². The molecule has 1 fully saturated rings. The maximum absolute atomic E-state index is 6.36. The number of aromatic nitrogens is 1. The Morgan fingerprint density at radius 2 is 1.61 bits per heavy atom. The van der Waals surface area contributed by atoms with Gasteiger partial charge in [-0.1, -0.05) is 78.9 Å². The van der Waals surface area contributed by atoms with Gasteiger partial charge in [-0.25, -0.2) is 0 Å². The van der Waals surface area contributed by atoms with E-state index in [0.717, 1.165) is 11.9 Å². The van der Waals surface area contributed by atoms with Crippen LogP contribution in [0.15, 0.2) is 109 Å². The van der Waals surface area contributed by atoms with Crippen LogP contribution in [0.3, 0.4) is 0 Å². The molecule has 0 bridgehead atoms. The van der Waals surface area contributed by atoms with E-state index in [1.807, 2.05) is 0 Å². The largest absolute Gasteiger partial charge is 0.494 e. The van der Waals surface area contributed by atoms with Gasteiger partial charge < -0.3 is 13.9 Å². The first kappa shape index (κ1) is 23.1. The maximum Gasteiger partial charge on any atom is 0.494 e. The fourth-order valence-electron chi connectivity index (χ4n) is 5.20. The lowest BCUT2D eigenvalue weighted by Crippen LogP contribution is -2.41. The molecule has 0 N–H and O–H groups in total. The van der Waals surface area contributed by atoms with Gasteiger partial charge in [0, 0.05) is 22.4 Å². The van der Waals surface area contributed by atoms with Gasteiger partial charge in [0.05, 0.1) is 22.2 Å². The quantitative estimate of drug-likeness (QED) is 0.378. The molecular formula is C32H32BNO2. The molecule has 6 rings (SSSR count). The van der Waals surface area contributed by atoms with E-state index < -0.39 is 0 Å². The van der Waals surface area contributed by atoms with Gasteiger partial charge in [0.1, 0.15) is 0 Å². The van der Waals surface area contributed by atoms with E-state index in [4.69, 9.17) is 9.31 Å². The summed E-state index contributed by atoms with van der Waals surface area (Å²) in [6.45, 7) is 8.39. The molecule has 1 atom stereocenters. The Kier molecular flexibility index (Phi) is 5.55. The van der Waals surface area contributed by atoms with Gasteiger partial charge in [-0.2, -0.15) is 0 Å². The van der Waals surface area contributed by atoms with Crippen molar-refractivity contribution in [1.29, 1.82) is 0 Å². The number of rotatable bonds is 3. The van der Waals surface area contributed by atoms with Gasteiger partial charge in [-0.15, -0.1) is 0 Å². The molecule has 3 nitrogen and oxygen atoms in total. The topological polar surface area (TPSA) is 23.4 Å². The molecule has 1 aliphatic heterocycles. The molecule has 36 heavy (non-hydrogen) atoms. The highest BCUT2D eigenvalue weighted by molar-refractivity contribution is 6.62. The highest BCUT2D eigenvalue weighted by Crippen LogP contribution is 2.38. The molecule has 0 amide bonds. The zero-order valence-electron chi connectivity index (χ0n) is 21.4. The Morgan fingerprint density at radius 1 is 0.833 bits per heavy atom. The number of fused-ring (bicyclic) bond motifs is 3. The third kappa shape index (κ3) is 3.86. The minimum atomic E-state index is -0.380. The molecule has 4 heteroatoms. The normalized spacial score (nSPS) is 22.7. The SMILES string of the molecule is CC1(C)OB(c2ccc3c(c2)c2ccccc2n3C2=CC(C3=CC=CCC=C3)C=CC=C2)OC1(C)C. The van der Waals surface area contributed by atoms with Crippen molar-refractivity contribution in [2.75, 3.05) is 0 Å². The van der Waals surface area contributed by atoms with E-state index in [2.05, 4.69) is 135 Å². The van der Waals surface area contributed by atoms with Crippen LogP contribution in [0.2, 0.25) is 0 Å². The van der Waals surface area contributed by atoms with Gasteiger partial charge in [0.2, 0.25) is 0 Å². The van der Waals surface area contributed by atoms with E-state index in [0.29, 0.717) is 0 Å². The van der Waals surface area contributed by atoms with Crippen LogP contribution in [0.1, 0.15) is 34.1 Å². The smallest absolute Gasteiger partial charge is 0.399 e. The van der Waals surface area contributed by atoms with Crippen molar-refractivity contribution in [2.24, 2.45) is 5.92 Å². The second-order valence-electron chi connectivity index (χ2n) is 10.8. The van der Waals surface area contributed by atoms with Gasteiger partial charge >= 0.3 is 7.12 Å². The zero-order valence-corrected chi connectivity index (χ0v) is 21.4. The summed E-state index contributed by atoms with van der Waals surface area (Å²) < 4.78 is 15.1. The molecule has 0 spiro atoms. The van der Waals surface area contributed by atoms with Crippen molar-refractivity contribution < 1.29 is 9.31 Å². The van der Waals surface area contributed by atoms with E-state index >= 15 is 0 Å². The second-order valence-corrected chi connectivity index (χ2v) is 10.8. The number of hydrogen-bond donors (Lipinski definition) is 0. The Hall–Kier alpha value is -3.34. The Morgan fingerprint density at radius 3 is 2.44 bits per heavy atom. The van der Waals surface area contributed by atoms with Crippen molar-refractivity contribution in [3.05, 3.63) is 109 Å². The minimum absolute atomic E-state index is 0.203. The molecule has 2 heterocycles.